The Morgan fingerprint density at radius 2 is 1.69 bits per heavy atom. The van der Waals surface area contributed by atoms with Crippen LogP contribution in [-0.4, -0.2) is 41.3 Å². The molecule has 0 unspecified atom stereocenters. The number of carbonyl (C=O) groups excluding carboxylic acids is 3. The average Bonchev–Trinajstić information content (AvgIpc) is 3.37. The minimum atomic E-state index is -0.814. The quantitative estimate of drug-likeness (QED) is 0.305. The highest BCUT2D eigenvalue weighted by atomic mass is 19.1. The molecule has 0 radical (unpaired) electrons. The fourth-order valence-corrected chi connectivity index (χ4v) is 3.27. The maximum Gasteiger partial charge on any atom is 0.342 e. The van der Waals surface area contributed by atoms with Gasteiger partial charge in [0.1, 0.15) is 22.8 Å². The van der Waals surface area contributed by atoms with Crippen LogP contribution in [0.2, 0.25) is 0 Å². The first-order valence-electron chi connectivity index (χ1n) is 10.8. The first-order chi connectivity index (χ1) is 17.4. The summed E-state index contributed by atoms with van der Waals surface area (Å²) in [6, 6.07) is 20.8. The number of esters is 1. The molecule has 0 bridgehead atoms. The summed E-state index contributed by atoms with van der Waals surface area (Å²) in [5.74, 6) is -1.93. The number of carbonyl (C=O) groups is 3. The Labute approximate surface area is 205 Å². The highest BCUT2D eigenvalue weighted by Gasteiger charge is 2.21. The van der Waals surface area contributed by atoms with Crippen LogP contribution in [0.1, 0.15) is 20.7 Å². The highest BCUT2D eigenvalue weighted by molar-refractivity contribution is 5.98. The van der Waals surface area contributed by atoms with Crippen LogP contribution in [0, 0.1) is 5.82 Å². The molecule has 4 rings (SSSR count). The maximum absolute atomic E-state index is 13.4. The van der Waals surface area contributed by atoms with E-state index in [1.807, 2.05) is 0 Å². The number of aromatic nitrogens is 2. The molecule has 0 saturated carbocycles. The van der Waals surface area contributed by atoms with Crippen molar-refractivity contribution in [3.05, 3.63) is 102 Å². The molecule has 9 nitrogen and oxygen atoms in total. The van der Waals surface area contributed by atoms with Crippen molar-refractivity contribution in [2.45, 2.75) is 0 Å². The molecule has 2 amide bonds. The lowest BCUT2D eigenvalue weighted by Crippen LogP contribution is -2.43. The molecule has 182 valence electrons. The minimum absolute atomic E-state index is 0.0775. The number of halogens is 1. The summed E-state index contributed by atoms with van der Waals surface area (Å²) in [7, 11) is 1.51. The molecule has 4 aromatic rings. The van der Waals surface area contributed by atoms with Gasteiger partial charge in [-0.2, -0.15) is 5.10 Å². The largest absolute Gasteiger partial charge is 0.497 e. The van der Waals surface area contributed by atoms with Crippen molar-refractivity contribution in [3.8, 4) is 22.7 Å². The zero-order valence-electron chi connectivity index (χ0n) is 19.1. The Morgan fingerprint density at radius 1 is 0.944 bits per heavy atom. The normalized spacial score (nSPS) is 10.4. The van der Waals surface area contributed by atoms with Gasteiger partial charge in [0.15, 0.2) is 6.61 Å². The monoisotopic (exact) mass is 488 g/mol. The van der Waals surface area contributed by atoms with E-state index in [0.29, 0.717) is 22.6 Å². The van der Waals surface area contributed by atoms with E-state index in [0.717, 1.165) is 0 Å². The first kappa shape index (κ1) is 24.1. The van der Waals surface area contributed by atoms with Crippen LogP contribution in [0.15, 0.2) is 85.1 Å². The zero-order valence-corrected chi connectivity index (χ0v) is 19.1. The molecule has 0 aliphatic carbocycles. The van der Waals surface area contributed by atoms with Crippen molar-refractivity contribution in [1.29, 1.82) is 0 Å². The third kappa shape index (κ3) is 5.73. The molecular formula is C26H21FN4O5. The Balaban J connectivity index is 1.50. The number of hydrogen-bond acceptors (Lipinski definition) is 6. The molecule has 0 saturated heterocycles. The average molecular weight is 488 g/mol. The summed E-state index contributed by atoms with van der Waals surface area (Å²) < 4.78 is 25.2. The number of rotatable bonds is 7. The van der Waals surface area contributed by atoms with E-state index in [1.165, 1.54) is 42.3 Å². The van der Waals surface area contributed by atoms with E-state index in [2.05, 4.69) is 16.0 Å². The number of amides is 2. The van der Waals surface area contributed by atoms with Crippen LogP contribution in [0.3, 0.4) is 0 Å². The van der Waals surface area contributed by atoms with Crippen LogP contribution in [0.5, 0.6) is 5.75 Å². The predicted octanol–water partition coefficient (Wildman–Crippen LogP) is 3.31. The lowest BCUT2D eigenvalue weighted by atomic mass is 10.1. The topological polar surface area (TPSA) is 112 Å². The van der Waals surface area contributed by atoms with Gasteiger partial charge in [0.05, 0.1) is 12.8 Å². The highest BCUT2D eigenvalue weighted by Crippen LogP contribution is 2.27. The van der Waals surface area contributed by atoms with Crippen molar-refractivity contribution in [1.82, 2.24) is 20.6 Å². The summed E-state index contributed by atoms with van der Waals surface area (Å²) >= 11 is 0. The van der Waals surface area contributed by atoms with E-state index < -0.39 is 30.2 Å². The molecule has 1 aromatic heterocycles. The van der Waals surface area contributed by atoms with E-state index in [-0.39, 0.29) is 11.3 Å². The van der Waals surface area contributed by atoms with Crippen molar-refractivity contribution >= 4 is 17.8 Å². The molecule has 0 atom stereocenters. The molecule has 2 N–H and O–H groups in total. The van der Waals surface area contributed by atoms with Crippen LogP contribution in [0.25, 0.3) is 16.9 Å². The lowest BCUT2D eigenvalue weighted by Gasteiger charge is -2.08. The van der Waals surface area contributed by atoms with Crippen LogP contribution in [0.4, 0.5) is 4.39 Å². The molecule has 0 aliphatic rings. The van der Waals surface area contributed by atoms with Gasteiger partial charge in [-0.3, -0.25) is 20.4 Å². The van der Waals surface area contributed by atoms with E-state index >= 15 is 0 Å². The van der Waals surface area contributed by atoms with Crippen molar-refractivity contribution in [2.24, 2.45) is 0 Å². The number of benzene rings is 3. The molecule has 0 fully saturated rings. The van der Waals surface area contributed by atoms with Gasteiger partial charge in [0.2, 0.25) is 0 Å². The van der Waals surface area contributed by atoms with Gasteiger partial charge < -0.3 is 9.47 Å². The van der Waals surface area contributed by atoms with Crippen LogP contribution < -0.4 is 15.6 Å². The third-order valence-corrected chi connectivity index (χ3v) is 5.05. The number of nitrogens with one attached hydrogen (secondary N) is 2. The van der Waals surface area contributed by atoms with Gasteiger partial charge in [-0.1, -0.05) is 30.3 Å². The zero-order chi connectivity index (χ0) is 25.5. The Bertz CT molecular complexity index is 1390. The fraction of sp³-hybridized carbons (Fsp3) is 0.0769. The predicted molar refractivity (Wildman–Crippen MR) is 128 cm³/mol. The second kappa shape index (κ2) is 11.0. The van der Waals surface area contributed by atoms with Gasteiger partial charge in [0, 0.05) is 17.3 Å². The molecule has 36 heavy (non-hydrogen) atoms. The fourth-order valence-electron chi connectivity index (χ4n) is 3.27. The smallest absolute Gasteiger partial charge is 0.342 e. The third-order valence-electron chi connectivity index (χ3n) is 5.05. The van der Waals surface area contributed by atoms with Crippen LogP contribution in [-0.2, 0) is 9.53 Å². The maximum atomic E-state index is 13.4. The molecule has 1 heterocycles. The number of nitrogens with zero attached hydrogens (tertiary/aromatic N) is 2. The lowest BCUT2D eigenvalue weighted by molar-refractivity contribution is -0.125. The Kier molecular flexibility index (Phi) is 7.35. The Morgan fingerprint density at radius 3 is 2.42 bits per heavy atom. The molecular weight excluding hydrogens is 467 g/mol. The van der Waals surface area contributed by atoms with Crippen molar-refractivity contribution < 1.29 is 28.2 Å². The van der Waals surface area contributed by atoms with E-state index in [4.69, 9.17) is 9.47 Å². The summed E-state index contributed by atoms with van der Waals surface area (Å²) in [6.07, 6.45) is 1.43. The second-order valence-electron chi connectivity index (χ2n) is 7.49. The summed E-state index contributed by atoms with van der Waals surface area (Å²) in [6.45, 7) is -0.646. The van der Waals surface area contributed by atoms with E-state index in [1.54, 1.807) is 54.6 Å². The minimum Gasteiger partial charge on any atom is -0.497 e. The summed E-state index contributed by atoms with van der Waals surface area (Å²) in [5.41, 5.74) is 6.24. The number of hydrogen-bond donors (Lipinski definition) is 2. The molecule has 0 aliphatic heterocycles. The molecule has 0 spiro atoms. The van der Waals surface area contributed by atoms with Gasteiger partial charge >= 0.3 is 5.97 Å². The van der Waals surface area contributed by atoms with Gasteiger partial charge in [-0.05, 0) is 48.5 Å². The van der Waals surface area contributed by atoms with Crippen molar-refractivity contribution in [2.75, 3.05) is 13.7 Å². The SMILES string of the molecule is COc1cccc(-c2nn(-c3ccc(F)cc3)cc2C(=O)OCC(=O)NNC(=O)c2ccccc2)c1. The summed E-state index contributed by atoms with van der Waals surface area (Å²) in [4.78, 5) is 37.1. The standard InChI is InChI=1S/C26H21FN4O5/c1-35-21-9-5-8-18(14-21)24-22(15-31(30-24)20-12-10-19(27)11-13-20)26(34)36-16-23(32)28-29-25(33)17-6-3-2-4-7-17/h2-15H,16H2,1H3,(H,28,32)(H,29,33). The van der Waals surface area contributed by atoms with Gasteiger partial charge in [-0.15, -0.1) is 0 Å². The van der Waals surface area contributed by atoms with Gasteiger partial charge in [0.25, 0.3) is 11.8 Å². The Hall–Kier alpha value is -4.99. The summed E-state index contributed by atoms with van der Waals surface area (Å²) in [5, 5.41) is 4.48. The molecule has 3 aromatic carbocycles. The van der Waals surface area contributed by atoms with Crippen LogP contribution >= 0.6 is 0 Å². The van der Waals surface area contributed by atoms with Crippen molar-refractivity contribution in [3.63, 3.8) is 0 Å². The number of ether oxygens (including phenoxy) is 2. The second-order valence-corrected chi connectivity index (χ2v) is 7.49. The first-order valence-corrected chi connectivity index (χ1v) is 10.8. The number of methoxy groups -OCH3 is 1. The van der Waals surface area contributed by atoms with Gasteiger partial charge in [-0.25, -0.2) is 13.9 Å². The number of hydrazine groups is 1. The molecule has 10 heteroatoms. The van der Waals surface area contributed by atoms with E-state index in [9.17, 15) is 18.8 Å².